The van der Waals surface area contributed by atoms with Crippen molar-refractivity contribution in [2.45, 2.75) is 31.7 Å². The number of fused-ring (bicyclic) bond motifs is 1. The number of nitrogens with zero attached hydrogens (tertiary/aromatic N) is 6. The molecule has 0 unspecified atom stereocenters. The third-order valence-electron chi connectivity index (χ3n) is 4.87. The Bertz CT molecular complexity index is 889. The van der Waals surface area contributed by atoms with Gasteiger partial charge in [0.2, 0.25) is 5.95 Å². The lowest BCUT2D eigenvalue weighted by molar-refractivity contribution is -0.146. The predicted molar refractivity (Wildman–Crippen MR) is 95.2 cm³/mol. The molecule has 4 rings (SSSR count). The summed E-state index contributed by atoms with van der Waals surface area (Å²) in [5, 5.41) is 10.6. The Labute approximate surface area is 150 Å². The van der Waals surface area contributed by atoms with Crippen molar-refractivity contribution in [1.82, 2.24) is 25.1 Å². The molecule has 0 radical (unpaired) electrons. The van der Waals surface area contributed by atoms with E-state index in [1.165, 1.54) is 7.11 Å². The van der Waals surface area contributed by atoms with Crippen LogP contribution in [0.4, 0.5) is 5.95 Å². The molecular formula is C18H20N6O2. The number of benzene rings is 1. The third kappa shape index (κ3) is 2.98. The van der Waals surface area contributed by atoms with Gasteiger partial charge in [-0.2, -0.15) is 0 Å². The van der Waals surface area contributed by atoms with Crippen LogP contribution in [0, 0.1) is 5.92 Å². The minimum Gasteiger partial charge on any atom is -0.469 e. The number of para-hydroxylation sites is 1. The number of hydrogen-bond donors (Lipinski definition) is 0. The van der Waals surface area contributed by atoms with Crippen LogP contribution in [0.15, 0.2) is 42.7 Å². The first-order valence-corrected chi connectivity index (χ1v) is 8.72. The molecule has 0 N–H and O–H groups in total. The molecule has 8 nitrogen and oxygen atoms in total. The number of esters is 1. The van der Waals surface area contributed by atoms with E-state index in [0.29, 0.717) is 5.95 Å². The highest BCUT2D eigenvalue weighted by Gasteiger charge is 2.33. The van der Waals surface area contributed by atoms with Crippen LogP contribution in [-0.4, -0.2) is 44.2 Å². The van der Waals surface area contributed by atoms with Gasteiger partial charge in [-0.25, -0.2) is 15.0 Å². The van der Waals surface area contributed by atoms with Crippen LogP contribution in [0.5, 0.6) is 0 Å². The van der Waals surface area contributed by atoms with E-state index in [1.54, 1.807) is 23.3 Å². The number of rotatable bonds is 4. The topological polar surface area (TPSA) is 86.0 Å². The Morgan fingerprint density at radius 3 is 2.58 bits per heavy atom. The lowest BCUT2D eigenvalue weighted by Gasteiger charge is -2.35. The highest BCUT2D eigenvalue weighted by Crippen LogP contribution is 2.31. The molecular weight excluding hydrogens is 332 g/mol. The number of anilines is 1. The average molecular weight is 352 g/mol. The molecule has 26 heavy (non-hydrogen) atoms. The quantitative estimate of drug-likeness (QED) is 0.665. The van der Waals surface area contributed by atoms with Gasteiger partial charge in [0.1, 0.15) is 11.0 Å². The van der Waals surface area contributed by atoms with Gasteiger partial charge < -0.3 is 4.74 Å². The van der Waals surface area contributed by atoms with Crippen molar-refractivity contribution in [3.05, 3.63) is 42.7 Å². The fourth-order valence-corrected chi connectivity index (χ4v) is 3.55. The summed E-state index contributed by atoms with van der Waals surface area (Å²) in [5.74, 6) is 0.407. The molecule has 0 bridgehead atoms. The Morgan fingerprint density at radius 1 is 1.12 bits per heavy atom. The summed E-state index contributed by atoms with van der Waals surface area (Å²) >= 11 is 0. The summed E-state index contributed by atoms with van der Waals surface area (Å²) in [7, 11) is 1.44. The van der Waals surface area contributed by atoms with E-state index < -0.39 is 0 Å². The monoisotopic (exact) mass is 352 g/mol. The van der Waals surface area contributed by atoms with Gasteiger partial charge in [0.25, 0.3) is 0 Å². The first kappa shape index (κ1) is 16.4. The SMILES string of the molecule is COC(=O)C1CCC(N(c2ncccn2)n2nnc3ccccc32)CC1. The minimum atomic E-state index is -0.128. The van der Waals surface area contributed by atoms with Gasteiger partial charge in [0, 0.05) is 12.4 Å². The van der Waals surface area contributed by atoms with Crippen molar-refractivity contribution in [1.29, 1.82) is 0 Å². The second-order valence-corrected chi connectivity index (χ2v) is 6.39. The predicted octanol–water partition coefficient (Wildman–Crippen LogP) is 2.22. The Morgan fingerprint density at radius 2 is 1.85 bits per heavy atom. The average Bonchev–Trinajstić information content (AvgIpc) is 3.13. The zero-order valence-electron chi connectivity index (χ0n) is 14.5. The van der Waals surface area contributed by atoms with Crippen LogP contribution in [0.25, 0.3) is 11.0 Å². The molecule has 1 aliphatic rings. The third-order valence-corrected chi connectivity index (χ3v) is 4.87. The van der Waals surface area contributed by atoms with Crippen molar-refractivity contribution in [2.24, 2.45) is 5.92 Å². The zero-order chi connectivity index (χ0) is 17.9. The summed E-state index contributed by atoms with van der Waals surface area (Å²) in [4.78, 5) is 22.4. The molecule has 0 aliphatic heterocycles. The van der Waals surface area contributed by atoms with Gasteiger partial charge in [-0.15, -0.1) is 9.89 Å². The van der Waals surface area contributed by atoms with Crippen molar-refractivity contribution in [3.63, 3.8) is 0 Å². The van der Waals surface area contributed by atoms with Crippen LogP contribution in [0.1, 0.15) is 25.7 Å². The Balaban J connectivity index is 1.68. The van der Waals surface area contributed by atoms with E-state index >= 15 is 0 Å². The molecule has 1 fully saturated rings. The molecule has 8 heteroatoms. The molecule has 0 atom stereocenters. The van der Waals surface area contributed by atoms with Crippen LogP contribution < -0.4 is 5.01 Å². The summed E-state index contributed by atoms with van der Waals surface area (Å²) in [6.07, 6.45) is 6.63. The molecule has 0 amide bonds. The number of methoxy groups -OCH3 is 1. The molecule has 0 spiro atoms. The van der Waals surface area contributed by atoms with E-state index in [4.69, 9.17) is 4.74 Å². The van der Waals surface area contributed by atoms with Crippen LogP contribution in [-0.2, 0) is 9.53 Å². The maximum absolute atomic E-state index is 11.8. The molecule has 1 saturated carbocycles. The Kier molecular flexibility index (Phi) is 4.47. The van der Waals surface area contributed by atoms with Gasteiger partial charge in [0.15, 0.2) is 0 Å². The van der Waals surface area contributed by atoms with Gasteiger partial charge in [-0.3, -0.25) is 4.79 Å². The lowest BCUT2D eigenvalue weighted by Crippen LogP contribution is -2.44. The number of aromatic nitrogens is 5. The summed E-state index contributed by atoms with van der Waals surface area (Å²) in [6, 6.07) is 9.72. The minimum absolute atomic E-state index is 0.0396. The molecule has 1 aromatic carbocycles. The second-order valence-electron chi connectivity index (χ2n) is 6.39. The first-order valence-electron chi connectivity index (χ1n) is 8.72. The van der Waals surface area contributed by atoms with Crippen LogP contribution >= 0.6 is 0 Å². The van der Waals surface area contributed by atoms with Crippen LogP contribution in [0.2, 0.25) is 0 Å². The second kappa shape index (κ2) is 7.07. The maximum atomic E-state index is 11.8. The molecule has 1 aliphatic carbocycles. The lowest BCUT2D eigenvalue weighted by atomic mass is 9.86. The molecule has 134 valence electrons. The van der Waals surface area contributed by atoms with E-state index in [9.17, 15) is 4.79 Å². The van der Waals surface area contributed by atoms with Crippen molar-refractivity contribution >= 4 is 23.0 Å². The number of hydrogen-bond acceptors (Lipinski definition) is 7. The molecule has 2 heterocycles. The standard InChI is InChI=1S/C18H20N6O2/c1-26-17(25)13-7-9-14(10-8-13)23(18-19-11-4-12-20-18)24-16-6-3-2-5-15(16)21-22-24/h2-6,11-14H,7-10H2,1H3. The highest BCUT2D eigenvalue weighted by atomic mass is 16.5. The number of ether oxygens (including phenoxy) is 1. The van der Waals surface area contributed by atoms with Crippen molar-refractivity contribution in [3.8, 4) is 0 Å². The van der Waals surface area contributed by atoms with Crippen LogP contribution in [0.3, 0.4) is 0 Å². The van der Waals surface area contributed by atoms with E-state index in [1.807, 2.05) is 29.3 Å². The maximum Gasteiger partial charge on any atom is 0.308 e. The van der Waals surface area contributed by atoms with Gasteiger partial charge in [0.05, 0.1) is 19.1 Å². The number of carbonyl (C=O) groups is 1. The number of carbonyl (C=O) groups excluding carboxylic acids is 1. The van der Waals surface area contributed by atoms with Gasteiger partial charge in [-0.1, -0.05) is 12.1 Å². The smallest absolute Gasteiger partial charge is 0.308 e. The normalized spacial score (nSPS) is 20.0. The molecule has 0 saturated heterocycles. The summed E-state index contributed by atoms with van der Waals surface area (Å²) in [6.45, 7) is 0. The van der Waals surface area contributed by atoms with E-state index in [2.05, 4.69) is 20.3 Å². The first-order chi connectivity index (χ1) is 12.8. The zero-order valence-corrected chi connectivity index (χ0v) is 14.5. The molecule has 2 aromatic heterocycles. The van der Waals surface area contributed by atoms with E-state index in [-0.39, 0.29) is 17.9 Å². The summed E-state index contributed by atoms with van der Waals surface area (Å²) < 4.78 is 4.90. The van der Waals surface area contributed by atoms with E-state index in [0.717, 1.165) is 36.7 Å². The Hall–Kier alpha value is -3.03. The van der Waals surface area contributed by atoms with Gasteiger partial charge >= 0.3 is 5.97 Å². The molecule has 3 aromatic rings. The largest absolute Gasteiger partial charge is 0.469 e. The fourth-order valence-electron chi connectivity index (χ4n) is 3.55. The highest BCUT2D eigenvalue weighted by molar-refractivity contribution is 5.75. The fraction of sp³-hybridized carbons (Fsp3) is 0.389. The summed E-state index contributed by atoms with van der Waals surface area (Å²) in [5.41, 5.74) is 1.71. The van der Waals surface area contributed by atoms with Crippen molar-refractivity contribution in [2.75, 3.05) is 12.1 Å². The van der Waals surface area contributed by atoms with Gasteiger partial charge in [-0.05, 0) is 49.1 Å². The van der Waals surface area contributed by atoms with Crippen molar-refractivity contribution < 1.29 is 9.53 Å².